The Morgan fingerprint density at radius 3 is 0.806 bits per heavy atom. The van der Waals surface area contributed by atoms with Crippen molar-refractivity contribution in [1.29, 1.82) is 0 Å². The third-order valence-electron chi connectivity index (χ3n) is 5.57. The number of hydrogen-bond acceptors (Lipinski definition) is 6. The largest absolute Gasteiger partial charge is 0.618 e. The average Bonchev–Trinajstić information content (AvgIpc) is 2.88. The van der Waals surface area contributed by atoms with Crippen LogP contribution < -0.4 is 30.5 Å². The first-order valence-corrected chi connectivity index (χ1v) is 19.4. The maximum absolute atomic E-state index is 14.0. The molecule has 0 bridgehead atoms. The Kier molecular flexibility index (Phi) is 7.51. The number of rotatable bonds is 4. The summed E-state index contributed by atoms with van der Waals surface area (Å²) < 4.78 is 24.7. The van der Waals surface area contributed by atoms with Crippen LogP contribution in [-0.2, 0) is 16.9 Å². The van der Waals surface area contributed by atoms with Crippen molar-refractivity contribution < 1.29 is 26.6 Å². The van der Waals surface area contributed by atoms with Gasteiger partial charge in [0.15, 0.2) is 22.5 Å². The van der Waals surface area contributed by atoms with Gasteiger partial charge in [-0.25, -0.2) is 0 Å². The Morgan fingerprint density at radius 1 is 0.417 bits per heavy atom. The molecule has 184 valence electrons. The molecular formula is C24H20Cl2O6P2Si2. The van der Waals surface area contributed by atoms with Gasteiger partial charge >= 0.3 is 31.7 Å². The first-order chi connectivity index (χ1) is 17.2. The van der Waals surface area contributed by atoms with Crippen LogP contribution in [0.5, 0.6) is 0 Å². The fraction of sp³-hybridized carbons (Fsp3) is 0. The predicted molar refractivity (Wildman–Crippen MR) is 146 cm³/mol. The monoisotopic (exact) mass is 592 g/mol. The highest BCUT2D eigenvalue weighted by atomic mass is 35.7. The summed E-state index contributed by atoms with van der Waals surface area (Å²) >= 11 is 13.2. The second kappa shape index (κ2) is 10.3. The van der Waals surface area contributed by atoms with Gasteiger partial charge < -0.3 is 9.79 Å². The van der Waals surface area contributed by atoms with Crippen LogP contribution in [-0.4, -0.2) is 17.1 Å². The van der Waals surface area contributed by atoms with E-state index in [-0.39, 0.29) is 0 Å². The van der Waals surface area contributed by atoms with Crippen molar-refractivity contribution in [3.63, 3.8) is 0 Å². The fourth-order valence-electron chi connectivity index (χ4n) is 4.07. The fourth-order valence-corrected chi connectivity index (χ4v) is 20.9. The van der Waals surface area contributed by atoms with Gasteiger partial charge in [0.1, 0.15) is 0 Å². The molecule has 0 atom stereocenters. The zero-order valence-electron chi connectivity index (χ0n) is 18.6. The molecule has 0 radical (unpaired) electrons. The van der Waals surface area contributed by atoms with Crippen molar-refractivity contribution in [2.45, 2.75) is 0 Å². The number of halogens is 2. The van der Waals surface area contributed by atoms with Crippen LogP contribution in [0.2, 0.25) is 0 Å². The SMILES string of the molecule is [O-][P+]1(Cl)O[Si](c2ccccc2)(c2ccccc2)O[P+]([O-])(Cl)O[Si](c2ccccc2)(c2ccccc2)O1. The highest BCUT2D eigenvalue weighted by Crippen LogP contribution is 2.70. The van der Waals surface area contributed by atoms with Crippen LogP contribution in [0.3, 0.4) is 0 Å². The van der Waals surface area contributed by atoms with E-state index < -0.39 is 31.7 Å². The predicted octanol–water partition coefficient (Wildman–Crippen LogP) is 3.13. The van der Waals surface area contributed by atoms with Crippen molar-refractivity contribution in [2.75, 3.05) is 0 Å². The van der Waals surface area contributed by atoms with Gasteiger partial charge in [-0.3, -0.25) is 0 Å². The van der Waals surface area contributed by atoms with Gasteiger partial charge in [0.05, 0.1) is 0 Å². The Labute approximate surface area is 222 Å². The molecule has 6 nitrogen and oxygen atoms in total. The van der Waals surface area contributed by atoms with Crippen molar-refractivity contribution in [3.05, 3.63) is 121 Å². The third kappa shape index (κ3) is 5.24. The molecule has 1 aliphatic heterocycles. The standard InChI is InChI=1S/C24H20Cl2O6P2Si2/c25-33(27)29-35(21-13-5-1-6-14-21,22-15-7-2-8-16-22)30-34(26,28)32-36(31-33,23-17-9-3-10-18-23)24-19-11-4-12-20-24/h1-20H. The molecular weight excluding hydrogens is 573 g/mol. The number of benzene rings is 4. The molecule has 1 saturated heterocycles. The molecule has 1 heterocycles. The van der Waals surface area contributed by atoms with Gasteiger partial charge in [0.25, 0.3) is 0 Å². The normalized spacial score (nSPS) is 25.4. The molecule has 0 aromatic heterocycles. The molecule has 4 aromatic rings. The maximum atomic E-state index is 14.0. The molecule has 0 amide bonds. The minimum Gasteiger partial charge on any atom is -0.618 e. The van der Waals surface area contributed by atoms with Crippen molar-refractivity contribution in [3.8, 4) is 0 Å². The van der Waals surface area contributed by atoms with E-state index in [4.69, 9.17) is 39.3 Å². The Bertz CT molecular complexity index is 1100. The van der Waals surface area contributed by atoms with E-state index >= 15 is 0 Å². The van der Waals surface area contributed by atoms with Crippen LogP contribution in [0.15, 0.2) is 121 Å². The van der Waals surface area contributed by atoms with Gasteiger partial charge in [-0.15, -0.1) is 0 Å². The Hall–Kier alpha value is -1.49. The Balaban J connectivity index is 1.73. The Morgan fingerprint density at radius 2 is 0.611 bits per heavy atom. The zero-order valence-corrected chi connectivity index (χ0v) is 23.9. The lowest BCUT2D eigenvalue weighted by atomic mass is 10.4. The summed E-state index contributed by atoms with van der Waals surface area (Å²) in [5.41, 5.74) is 0. The second-order valence-electron chi connectivity index (χ2n) is 7.92. The summed E-state index contributed by atoms with van der Waals surface area (Å²) in [6.45, 7) is 0. The summed E-state index contributed by atoms with van der Waals surface area (Å²) in [5.74, 6) is 0. The molecule has 0 spiro atoms. The summed E-state index contributed by atoms with van der Waals surface area (Å²) in [7, 11) is -17.0. The van der Waals surface area contributed by atoms with Crippen molar-refractivity contribution >= 4 is 74.9 Å². The zero-order chi connectivity index (χ0) is 25.3. The minimum absolute atomic E-state index is 0.485. The van der Waals surface area contributed by atoms with Crippen LogP contribution in [0.25, 0.3) is 0 Å². The van der Waals surface area contributed by atoms with E-state index in [0.29, 0.717) is 20.7 Å². The second-order valence-corrected chi connectivity index (χ2v) is 19.8. The lowest BCUT2D eigenvalue weighted by Gasteiger charge is -2.42. The smallest absolute Gasteiger partial charge is 0.506 e. The molecule has 4 aromatic carbocycles. The molecule has 0 unspecified atom stereocenters. The molecule has 1 aliphatic rings. The van der Waals surface area contributed by atoms with E-state index in [0.717, 1.165) is 0 Å². The highest BCUT2D eigenvalue weighted by molar-refractivity contribution is 7.90. The molecule has 5 rings (SSSR count). The molecule has 12 heteroatoms. The summed E-state index contributed by atoms with van der Waals surface area (Å²) in [6.07, 6.45) is 0. The van der Waals surface area contributed by atoms with Crippen molar-refractivity contribution in [2.24, 2.45) is 0 Å². The summed E-state index contributed by atoms with van der Waals surface area (Å²) in [6, 6.07) is 35.0. The van der Waals surface area contributed by atoms with Gasteiger partial charge in [0.2, 0.25) is 0 Å². The topological polar surface area (TPSA) is 83.0 Å². The van der Waals surface area contributed by atoms with E-state index in [9.17, 15) is 9.79 Å². The van der Waals surface area contributed by atoms with Crippen LogP contribution in [0.1, 0.15) is 0 Å². The van der Waals surface area contributed by atoms with E-state index in [1.165, 1.54) is 0 Å². The summed E-state index contributed by atoms with van der Waals surface area (Å²) in [5, 5.41) is 1.94. The molecule has 1 fully saturated rings. The van der Waals surface area contributed by atoms with Crippen LogP contribution >= 0.6 is 37.1 Å². The van der Waals surface area contributed by atoms with Gasteiger partial charge in [0, 0.05) is 20.7 Å². The lowest BCUT2D eigenvalue weighted by molar-refractivity contribution is -0.206. The average molecular weight is 593 g/mol. The minimum atomic E-state index is -4.45. The third-order valence-corrected chi connectivity index (χ3v) is 20.0. The molecule has 0 saturated carbocycles. The highest BCUT2D eigenvalue weighted by Gasteiger charge is 2.68. The van der Waals surface area contributed by atoms with E-state index in [2.05, 4.69) is 0 Å². The van der Waals surface area contributed by atoms with Gasteiger partial charge in [-0.1, -0.05) is 121 Å². The maximum Gasteiger partial charge on any atom is 0.506 e. The molecule has 36 heavy (non-hydrogen) atoms. The van der Waals surface area contributed by atoms with Crippen LogP contribution in [0.4, 0.5) is 0 Å². The first-order valence-electron chi connectivity index (χ1n) is 10.9. The lowest BCUT2D eigenvalue weighted by Crippen LogP contribution is -2.69. The summed E-state index contributed by atoms with van der Waals surface area (Å²) in [4.78, 5) is 28.1. The number of hydrogen-bond donors (Lipinski definition) is 0. The van der Waals surface area contributed by atoms with E-state index in [1.807, 2.05) is 0 Å². The van der Waals surface area contributed by atoms with Gasteiger partial charge in [-0.05, 0) is 0 Å². The van der Waals surface area contributed by atoms with Gasteiger partial charge in [-0.2, -0.15) is 16.9 Å². The quantitative estimate of drug-likeness (QED) is 0.267. The van der Waals surface area contributed by atoms with E-state index in [1.54, 1.807) is 121 Å². The van der Waals surface area contributed by atoms with Crippen molar-refractivity contribution in [1.82, 2.24) is 0 Å². The molecule has 0 aliphatic carbocycles. The van der Waals surface area contributed by atoms with Crippen LogP contribution in [0, 0.1) is 0 Å². The first kappa shape index (κ1) is 26.1. The molecule has 0 N–H and O–H groups in total.